The third-order valence-electron chi connectivity index (χ3n) is 4.99. The lowest BCUT2D eigenvalue weighted by atomic mass is 10.0. The number of rotatable bonds is 6. The molecule has 2 aromatic carbocycles. The van der Waals surface area contributed by atoms with E-state index < -0.39 is 6.04 Å². The first kappa shape index (κ1) is 19.8. The second-order valence-electron chi connectivity index (χ2n) is 6.96. The Morgan fingerprint density at radius 2 is 1.93 bits per heavy atom. The molecule has 1 aromatic heterocycles. The summed E-state index contributed by atoms with van der Waals surface area (Å²) in [6.07, 6.45) is 0.730. The van der Waals surface area contributed by atoms with Gasteiger partial charge in [-0.2, -0.15) is 4.98 Å². The van der Waals surface area contributed by atoms with Gasteiger partial charge in [0, 0.05) is 12.0 Å². The van der Waals surface area contributed by atoms with E-state index in [1.807, 2.05) is 54.6 Å². The summed E-state index contributed by atoms with van der Waals surface area (Å²) in [5.74, 6) is 0.590. The highest BCUT2D eigenvalue weighted by Crippen LogP contribution is 2.31. The fourth-order valence-electron chi connectivity index (χ4n) is 3.55. The Bertz CT molecular complexity index is 1030. The molecule has 0 unspecified atom stereocenters. The fraction of sp³-hybridized carbons (Fsp3) is 0.273. The van der Waals surface area contributed by atoms with Crippen molar-refractivity contribution in [2.45, 2.75) is 18.9 Å². The first-order chi connectivity index (χ1) is 14.7. The van der Waals surface area contributed by atoms with Gasteiger partial charge in [-0.25, -0.2) is 0 Å². The standard InChI is InChI=1S/C22H22N4O4/c1-29-24-18-13-19(21-23-20(11-12-27)30-25-21)26(14-18)22(28)17-9-7-16(8-10-17)15-5-3-2-4-6-15/h2-10,19,27H,11-14H2,1H3/t19-/m0/s1. The third kappa shape index (κ3) is 4.08. The topological polar surface area (TPSA) is 101 Å². The van der Waals surface area contributed by atoms with Gasteiger partial charge in [-0.3, -0.25) is 4.79 Å². The van der Waals surface area contributed by atoms with Crippen LogP contribution in [-0.4, -0.2) is 52.0 Å². The number of aliphatic hydroxyl groups excluding tert-OH is 1. The molecule has 0 spiro atoms. The molecule has 2 heterocycles. The monoisotopic (exact) mass is 406 g/mol. The number of carbonyl (C=O) groups is 1. The Balaban J connectivity index is 1.59. The molecule has 0 bridgehead atoms. The van der Waals surface area contributed by atoms with E-state index in [2.05, 4.69) is 15.3 Å². The summed E-state index contributed by atoms with van der Waals surface area (Å²) in [5, 5.41) is 17.1. The lowest BCUT2D eigenvalue weighted by molar-refractivity contribution is 0.0732. The fourth-order valence-corrected chi connectivity index (χ4v) is 3.55. The third-order valence-corrected chi connectivity index (χ3v) is 4.99. The Kier molecular flexibility index (Phi) is 5.85. The van der Waals surface area contributed by atoms with Crippen LogP contribution < -0.4 is 0 Å². The highest BCUT2D eigenvalue weighted by atomic mass is 16.6. The summed E-state index contributed by atoms with van der Waals surface area (Å²) < 4.78 is 5.18. The minimum atomic E-state index is -0.406. The van der Waals surface area contributed by atoms with E-state index >= 15 is 0 Å². The van der Waals surface area contributed by atoms with Gasteiger partial charge in [-0.1, -0.05) is 52.8 Å². The molecule has 154 valence electrons. The molecule has 3 aromatic rings. The van der Waals surface area contributed by atoms with E-state index in [1.54, 1.807) is 4.90 Å². The van der Waals surface area contributed by atoms with Crippen molar-refractivity contribution in [1.82, 2.24) is 15.0 Å². The number of benzene rings is 2. The number of carbonyl (C=O) groups excluding carboxylic acids is 1. The molecule has 30 heavy (non-hydrogen) atoms. The molecule has 8 nitrogen and oxygen atoms in total. The molecule has 1 fully saturated rings. The zero-order valence-corrected chi connectivity index (χ0v) is 16.6. The van der Waals surface area contributed by atoms with Gasteiger partial charge in [-0.15, -0.1) is 0 Å². The highest BCUT2D eigenvalue weighted by Gasteiger charge is 2.37. The van der Waals surface area contributed by atoms with Crippen molar-refractivity contribution in [1.29, 1.82) is 0 Å². The number of nitrogens with zero attached hydrogens (tertiary/aromatic N) is 4. The number of likely N-dealkylation sites (tertiary alicyclic amines) is 1. The van der Waals surface area contributed by atoms with Gasteiger partial charge in [0.1, 0.15) is 13.2 Å². The largest absolute Gasteiger partial charge is 0.399 e. The molecule has 1 aliphatic rings. The second-order valence-corrected chi connectivity index (χ2v) is 6.96. The van der Waals surface area contributed by atoms with Crippen LogP contribution >= 0.6 is 0 Å². The lowest BCUT2D eigenvalue weighted by Gasteiger charge is -2.21. The summed E-state index contributed by atoms with van der Waals surface area (Å²) >= 11 is 0. The number of oxime groups is 1. The lowest BCUT2D eigenvalue weighted by Crippen LogP contribution is -2.31. The van der Waals surface area contributed by atoms with Gasteiger partial charge < -0.3 is 19.4 Å². The van der Waals surface area contributed by atoms with Gasteiger partial charge in [0.2, 0.25) is 5.89 Å². The molecule has 1 N–H and O–H groups in total. The number of hydrogen-bond donors (Lipinski definition) is 1. The molecule has 0 saturated carbocycles. The Hall–Kier alpha value is -3.52. The zero-order chi connectivity index (χ0) is 20.9. The molecule has 0 aliphatic carbocycles. The molecule has 1 atom stereocenters. The van der Waals surface area contributed by atoms with E-state index in [0.717, 1.165) is 16.8 Å². The van der Waals surface area contributed by atoms with Crippen LogP contribution in [0.4, 0.5) is 0 Å². The maximum absolute atomic E-state index is 13.3. The minimum absolute atomic E-state index is 0.0842. The number of hydrogen-bond acceptors (Lipinski definition) is 7. The summed E-state index contributed by atoms with van der Waals surface area (Å²) in [5.41, 5.74) is 3.43. The van der Waals surface area contributed by atoms with Crippen molar-refractivity contribution in [2.24, 2.45) is 5.16 Å². The van der Waals surface area contributed by atoms with Crippen molar-refractivity contribution in [3.05, 3.63) is 71.9 Å². The summed E-state index contributed by atoms with van der Waals surface area (Å²) in [4.78, 5) is 24.2. The smallest absolute Gasteiger partial charge is 0.254 e. The van der Waals surface area contributed by atoms with Crippen molar-refractivity contribution in [3.63, 3.8) is 0 Å². The number of aromatic nitrogens is 2. The van der Waals surface area contributed by atoms with Crippen LogP contribution in [-0.2, 0) is 11.3 Å². The summed E-state index contributed by atoms with van der Waals surface area (Å²) in [7, 11) is 1.47. The quantitative estimate of drug-likeness (QED) is 0.632. The highest BCUT2D eigenvalue weighted by molar-refractivity contribution is 6.00. The molecule has 1 amide bonds. The van der Waals surface area contributed by atoms with E-state index in [-0.39, 0.29) is 18.9 Å². The van der Waals surface area contributed by atoms with E-state index in [1.165, 1.54) is 7.11 Å². The van der Waals surface area contributed by atoms with Crippen LogP contribution in [0.5, 0.6) is 0 Å². The van der Waals surface area contributed by atoms with Crippen LogP contribution in [0, 0.1) is 0 Å². The minimum Gasteiger partial charge on any atom is -0.399 e. The average Bonchev–Trinajstić information content (AvgIpc) is 3.42. The molecular formula is C22H22N4O4. The van der Waals surface area contributed by atoms with E-state index in [4.69, 9.17) is 14.5 Å². The number of aliphatic hydroxyl groups is 1. The molecule has 1 aliphatic heterocycles. The van der Waals surface area contributed by atoms with Crippen LogP contribution in [0.1, 0.15) is 34.5 Å². The predicted octanol–water partition coefficient (Wildman–Crippen LogP) is 2.86. The van der Waals surface area contributed by atoms with Crippen LogP contribution in [0.25, 0.3) is 11.1 Å². The van der Waals surface area contributed by atoms with Crippen molar-refractivity contribution < 1.29 is 19.3 Å². The first-order valence-corrected chi connectivity index (χ1v) is 9.68. The van der Waals surface area contributed by atoms with Gasteiger partial charge in [-0.05, 0) is 23.3 Å². The Morgan fingerprint density at radius 3 is 2.63 bits per heavy atom. The average molecular weight is 406 g/mol. The molecule has 8 heteroatoms. The molecule has 4 rings (SSSR count). The van der Waals surface area contributed by atoms with E-state index in [0.29, 0.717) is 30.2 Å². The van der Waals surface area contributed by atoms with Gasteiger partial charge in [0.05, 0.1) is 25.3 Å². The SMILES string of the molecule is CON=C1C[C@@H](c2noc(CCO)n2)N(C(=O)c2ccc(-c3ccccc3)cc2)C1. The van der Waals surface area contributed by atoms with Crippen LogP contribution in [0.3, 0.4) is 0 Å². The van der Waals surface area contributed by atoms with Gasteiger partial charge >= 0.3 is 0 Å². The first-order valence-electron chi connectivity index (χ1n) is 9.68. The molecular weight excluding hydrogens is 384 g/mol. The van der Waals surface area contributed by atoms with Crippen molar-refractivity contribution >= 4 is 11.6 Å². The zero-order valence-electron chi connectivity index (χ0n) is 16.6. The van der Waals surface area contributed by atoms with Gasteiger partial charge in [0.15, 0.2) is 5.82 Å². The molecule has 0 radical (unpaired) electrons. The van der Waals surface area contributed by atoms with Crippen LogP contribution in [0.15, 0.2) is 64.3 Å². The maximum Gasteiger partial charge on any atom is 0.254 e. The normalized spacial score (nSPS) is 17.5. The maximum atomic E-state index is 13.3. The Labute approximate surface area is 173 Å². The van der Waals surface area contributed by atoms with Crippen LogP contribution in [0.2, 0.25) is 0 Å². The Morgan fingerprint density at radius 1 is 1.20 bits per heavy atom. The van der Waals surface area contributed by atoms with Gasteiger partial charge in [0.25, 0.3) is 5.91 Å². The second kappa shape index (κ2) is 8.87. The predicted molar refractivity (Wildman–Crippen MR) is 110 cm³/mol. The van der Waals surface area contributed by atoms with Crippen molar-refractivity contribution in [3.8, 4) is 11.1 Å². The number of amides is 1. The summed E-state index contributed by atoms with van der Waals surface area (Å²) in [6, 6.07) is 17.1. The van der Waals surface area contributed by atoms with E-state index in [9.17, 15) is 4.79 Å². The molecule has 1 saturated heterocycles. The van der Waals surface area contributed by atoms with Crippen molar-refractivity contribution in [2.75, 3.05) is 20.3 Å². The summed E-state index contributed by atoms with van der Waals surface area (Å²) in [6.45, 7) is 0.237.